The summed E-state index contributed by atoms with van der Waals surface area (Å²) in [5, 5.41) is 9.34. The Kier molecular flexibility index (Phi) is 7.80. The summed E-state index contributed by atoms with van der Waals surface area (Å²) >= 11 is 0. The van der Waals surface area contributed by atoms with Crippen LogP contribution in [0.5, 0.6) is 11.5 Å². The number of hydrogen-bond donors (Lipinski definition) is 1. The predicted octanol–water partition coefficient (Wildman–Crippen LogP) is 5.60. The van der Waals surface area contributed by atoms with Crippen molar-refractivity contribution >= 4 is 11.9 Å². The number of nitrogens with zero attached hydrogens (tertiary/aromatic N) is 2. The molecule has 0 spiro atoms. The number of amides is 1. The van der Waals surface area contributed by atoms with E-state index in [1.54, 1.807) is 26.1 Å². The molecule has 7 nitrogen and oxygen atoms in total. The van der Waals surface area contributed by atoms with Crippen molar-refractivity contribution in [2.45, 2.75) is 39.1 Å². The van der Waals surface area contributed by atoms with Crippen molar-refractivity contribution in [1.29, 1.82) is 0 Å². The van der Waals surface area contributed by atoms with Gasteiger partial charge in [-0.3, -0.25) is 9.78 Å². The average Bonchev–Trinajstić information content (AvgIpc) is 2.83. The molecule has 1 amide bonds. The molecule has 0 aliphatic rings. The molecule has 1 N–H and O–H groups in total. The number of alkyl halides is 3. The molecule has 37 heavy (non-hydrogen) atoms. The van der Waals surface area contributed by atoms with Gasteiger partial charge >= 0.3 is 12.1 Å². The van der Waals surface area contributed by atoms with Gasteiger partial charge in [0.05, 0.1) is 18.4 Å². The number of rotatable bonds is 8. The smallest absolute Gasteiger partial charge is 0.416 e. The molecule has 0 aliphatic carbocycles. The number of aromatic nitrogens is 1. The van der Waals surface area contributed by atoms with Gasteiger partial charge in [-0.15, -0.1) is 0 Å². The summed E-state index contributed by atoms with van der Waals surface area (Å²) in [6, 6.07) is 12.7. The number of carbonyl (C=O) groups is 2. The van der Waals surface area contributed by atoms with Gasteiger partial charge in [0.2, 0.25) is 0 Å². The van der Waals surface area contributed by atoms with Gasteiger partial charge in [0.15, 0.2) is 5.60 Å². The number of carboxylic acid groups (broad SMARTS) is 1. The summed E-state index contributed by atoms with van der Waals surface area (Å²) in [4.78, 5) is 30.6. The zero-order chi connectivity index (χ0) is 27.5. The molecule has 1 heterocycles. The molecule has 0 bridgehead atoms. The molecule has 10 heteroatoms. The van der Waals surface area contributed by atoms with Gasteiger partial charge in [0.25, 0.3) is 5.91 Å². The van der Waals surface area contributed by atoms with Crippen molar-refractivity contribution in [2.24, 2.45) is 0 Å². The van der Waals surface area contributed by atoms with Crippen molar-refractivity contribution in [2.75, 3.05) is 14.2 Å². The Hall–Kier alpha value is -4.08. The van der Waals surface area contributed by atoms with Gasteiger partial charge in [-0.1, -0.05) is 18.2 Å². The first kappa shape index (κ1) is 27.5. The number of aryl methyl sites for hydroxylation is 1. The van der Waals surface area contributed by atoms with Crippen molar-refractivity contribution in [1.82, 2.24) is 9.88 Å². The van der Waals surface area contributed by atoms with Gasteiger partial charge in [-0.25, -0.2) is 4.79 Å². The number of halogens is 3. The lowest BCUT2D eigenvalue weighted by Crippen LogP contribution is -2.38. The lowest BCUT2D eigenvalue weighted by atomic mass is 10.1. The maximum Gasteiger partial charge on any atom is 0.416 e. The molecule has 3 rings (SSSR count). The van der Waals surface area contributed by atoms with E-state index in [9.17, 15) is 27.9 Å². The Labute approximate surface area is 212 Å². The second-order valence-electron chi connectivity index (χ2n) is 8.99. The van der Waals surface area contributed by atoms with Crippen LogP contribution in [0.4, 0.5) is 13.2 Å². The summed E-state index contributed by atoms with van der Waals surface area (Å²) in [6.45, 7) is 4.75. The molecule has 0 unspecified atom stereocenters. The topological polar surface area (TPSA) is 89.0 Å². The van der Waals surface area contributed by atoms with Gasteiger partial charge in [-0.05, 0) is 56.7 Å². The van der Waals surface area contributed by atoms with Gasteiger partial charge in [-0.2, -0.15) is 13.2 Å². The molecular weight excluding hydrogens is 489 g/mol. The molecule has 0 saturated heterocycles. The number of benzene rings is 2. The van der Waals surface area contributed by atoms with E-state index in [0.717, 1.165) is 17.7 Å². The highest BCUT2D eigenvalue weighted by atomic mass is 19.4. The molecule has 0 radical (unpaired) electrons. The van der Waals surface area contributed by atoms with Gasteiger partial charge < -0.3 is 19.5 Å². The average molecular weight is 517 g/mol. The minimum absolute atomic E-state index is 0.169. The number of carbonyl (C=O) groups excluding carboxylic acids is 1. The first-order valence-corrected chi connectivity index (χ1v) is 11.2. The van der Waals surface area contributed by atoms with E-state index in [4.69, 9.17) is 9.47 Å². The van der Waals surface area contributed by atoms with Crippen LogP contribution in [0.1, 0.15) is 41.0 Å². The van der Waals surface area contributed by atoms with Crippen LogP contribution >= 0.6 is 0 Å². The van der Waals surface area contributed by atoms with E-state index in [0.29, 0.717) is 22.7 Å². The maximum atomic E-state index is 13.2. The summed E-state index contributed by atoms with van der Waals surface area (Å²) in [5.41, 5.74) is 0.413. The first-order valence-electron chi connectivity index (χ1n) is 11.2. The van der Waals surface area contributed by atoms with E-state index in [-0.39, 0.29) is 23.8 Å². The van der Waals surface area contributed by atoms with Crippen molar-refractivity contribution in [3.8, 4) is 22.8 Å². The molecule has 0 saturated carbocycles. The Morgan fingerprint density at radius 2 is 1.62 bits per heavy atom. The van der Waals surface area contributed by atoms with E-state index in [1.807, 2.05) is 0 Å². The first-order chi connectivity index (χ1) is 17.2. The van der Waals surface area contributed by atoms with Crippen molar-refractivity contribution in [3.05, 3.63) is 77.0 Å². The molecular formula is C27H27F3N2O5. The molecule has 0 aliphatic heterocycles. The van der Waals surface area contributed by atoms with Crippen LogP contribution in [0.2, 0.25) is 0 Å². The summed E-state index contributed by atoms with van der Waals surface area (Å²) in [6.07, 6.45) is -4.41. The number of carboxylic acids is 1. The van der Waals surface area contributed by atoms with E-state index >= 15 is 0 Å². The Bertz CT molecular complexity index is 1300. The lowest BCUT2D eigenvalue weighted by molar-refractivity contribution is -0.152. The highest BCUT2D eigenvalue weighted by molar-refractivity contribution is 5.95. The number of pyridine rings is 1. The molecule has 2 aromatic carbocycles. The van der Waals surface area contributed by atoms with Crippen LogP contribution in [-0.4, -0.2) is 46.6 Å². The molecule has 0 fully saturated rings. The normalized spacial score (nSPS) is 11.7. The minimum atomic E-state index is -4.41. The van der Waals surface area contributed by atoms with Gasteiger partial charge in [0, 0.05) is 36.5 Å². The third-order valence-corrected chi connectivity index (χ3v) is 5.71. The van der Waals surface area contributed by atoms with E-state index in [1.165, 1.54) is 56.2 Å². The summed E-state index contributed by atoms with van der Waals surface area (Å²) < 4.78 is 49.3. The third kappa shape index (κ3) is 6.58. The largest absolute Gasteiger partial charge is 0.497 e. The zero-order valence-electron chi connectivity index (χ0n) is 21.0. The summed E-state index contributed by atoms with van der Waals surface area (Å²) in [5.74, 6) is -1.03. The number of ether oxygens (including phenoxy) is 2. The SMILES string of the molecule is COc1cc(OC(C)(C)C(=O)O)cc(C(=O)N(C)Cc2ccc(-c3ccc(C(F)(F)F)cc3)nc2C)c1. The van der Waals surface area contributed by atoms with Crippen LogP contribution < -0.4 is 9.47 Å². The van der Waals surface area contributed by atoms with E-state index in [2.05, 4.69) is 4.98 Å². The Morgan fingerprint density at radius 3 is 2.16 bits per heavy atom. The number of methoxy groups -OCH3 is 1. The third-order valence-electron chi connectivity index (χ3n) is 5.71. The van der Waals surface area contributed by atoms with Crippen LogP contribution in [0.15, 0.2) is 54.6 Å². The summed E-state index contributed by atoms with van der Waals surface area (Å²) in [7, 11) is 3.03. The molecule has 196 valence electrons. The highest BCUT2D eigenvalue weighted by Crippen LogP contribution is 2.31. The fraction of sp³-hybridized carbons (Fsp3) is 0.296. The monoisotopic (exact) mass is 516 g/mol. The van der Waals surface area contributed by atoms with Crippen molar-refractivity contribution in [3.63, 3.8) is 0 Å². The fourth-order valence-electron chi connectivity index (χ4n) is 3.51. The standard InChI is InChI=1S/C27H27F3N2O5/c1-16-18(8-11-23(31-16)17-6-9-20(10-7-17)27(28,29)30)15-32(4)24(33)19-12-21(36-5)14-22(13-19)37-26(2,3)25(34)35/h6-14H,15H2,1-5H3,(H,34,35). The highest BCUT2D eigenvalue weighted by Gasteiger charge is 2.31. The molecule has 1 aromatic heterocycles. The second-order valence-corrected chi connectivity index (χ2v) is 8.99. The van der Waals surface area contributed by atoms with Crippen LogP contribution in [0.3, 0.4) is 0 Å². The van der Waals surface area contributed by atoms with E-state index < -0.39 is 23.3 Å². The second kappa shape index (κ2) is 10.5. The molecule has 0 atom stereocenters. The Morgan fingerprint density at radius 1 is 1.00 bits per heavy atom. The number of hydrogen-bond acceptors (Lipinski definition) is 5. The van der Waals surface area contributed by atoms with Crippen LogP contribution in [0.25, 0.3) is 11.3 Å². The quantitative estimate of drug-likeness (QED) is 0.419. The number of aliphatic carboxylic acids is 1. The van der Waals surface area contributed by atoms with Crippen molar-refractivity contribution < 1.29 is 37.3 Å². The zero-order valence-corrected chi connectivity index (χ0v) is 21.0. The van der Waals surface area contributed by atoms with Crippen LogP contribution in [-0.2, 0) is 17.5 Å². The minimum Gasteiger partial charge on any atom is -0.497 e. The fourth-order valence-corrected chi connectivity index (χ4v) is 3.51. The maximum absolute atomic E-state index is 13.2. The molecule has 3 aromatic rings. The predicted molar refractivity (Wildman–Crippen MR) is 131 cm³/mol. The van der Waals surface area contributed by atoms with Gasteiger partial charge in [0.1, 0.15) is 11.5 Å². The lowest BCUT2D eigenvalue weighted by Gasteiger charge is -2.23. The Balaban J connectivity index is 1.79. The van der Waals surface area contributed by atoms with Crippen LogP contribution in [0, 0.1) is 6.92 Å².